The molecule has 21 heavy (non-hydrogen) atoms. The van der Waals surface area contributed by atoms with Gasteiger partial charge in [0.25, 0.3) is 0 Å². The van der Waals surface area contributed by atoms with Crippen LogP contribution < -0.4 is 0 Å². The quantitative estimate of drug-likeness (QED) is 0.575. The molecule has 0 saturated heterocycles. The Labute approximate surface area is 125 Å². The zero-order valence-corrected chi connectivity index (χ0v) is 12.4. The Balaban J connectivity index is 2.19. The van der Waals surface area contributed by atoms with Crippen LogP contribution in [0, 0.1) is 11.8 Å². The number of nitroso groups, excluding NO2 is 1. The number of aryl methyl sites for hydroxylation is 1. The number of nitrogens with zero attached hydrogens (tertiary/aromatic N) is 2. The van der Waals surface area contributed by atoms with Crippen LogP contribution in [0.15, 0.2) is 59.9 Å². The van der Waals surface area contributed by atoms with Gasteiger partial charge >= 0.3 is 0 Å². The van der Waals surface area contributed by atoms with E-state index in [1.807, 2.05) is 30.3 Å². The number of benzene rings is 2. The van der Waals surface area contributed by atoms with Gasteiger partial charge in [-0.2, -0.15) is 0 Å². The Morgan fingerprint density at radius 2 is 1.76 bits per heavy atom. The van der Waals surface area contributed by atoms with E-state index in [1.54, 1.807) is 7.05 Å². The van der Waals surface area contributed by atoms with E-state index >= 15 is 0 Å². The second kappa shape index (κ2) is 7.55. The summed E-state index contributed by atoms with van der Waals surface area (Å²) in [5.41, 5.74) is 3.44. The molecule has 2 aromatic rings. The zero-order chi connectivity index (χ0) is 15.1. The molecular weight excluding hydrogens is 264 g/mol. The third-order valence-electron chi connectivity index (χ3n) is 3.41. The molecule has 1 unspecified atom stereocenters. The Kier molecular flexibility index (Phi) is 5.46. The summed E-state index contributed by atoms with van der Waals surface area (Å²) in [7, 11) is 1.64. The molecule has 0 saturated carbocycles. The van der Waals surface area contributed by atoms with E-state index < -0.39 is 0 Å². The van der Waals surface area contributed by atoms with Gasteiger partial charge < -0.3 is 4.74 Å². The van der Waals surface area contributed by atoms with Gasteiger partial charge in [0.15, 0.2) is 0 Å². The molecule has 0 aliphatic carbocycles. The van der Waals surface area contributed by atoms with Gasteiger partial charge in [-0.25, -0.2) is 0 Å². The predicted octanol–water partition coefficient (Wildman–Crippen LogP) is 3.71. The van der Waals surface area contributed by atoms with E-state index in [4.69, 9.17) is 4.74 Å². The van der Waals surface area contributed by atoms with Crippen LogP contribution in [0.3, 0.4) is 0 Å². The molecule has 0 bridgehead atoms. The lowest BCUT2D eigenvalue weighted by atomic mass is 9.97. The highest BCUT2D eigenvalue weighted by Crippen LogP contribution is 2.28. The van der Waals surface area contributed by atoms with Gasteiger partial charge in [-0.15, -0.1) is 4.91 Å². The Morgan fingerprint density at radius 1 is 1.10 bits per heavy atom. The van der Waals surface area contributed by atoms with E-state index in [0.29, 0.717) is 13.2 Å². The van der Waals surface area contributed by atoms with Crippen molar-refractivity contribution >= 4 is 0 Å². The van der Waals surface area contributed by atoms with Gasteiger partial charge in [-0.1, -0.05) is 54.6 Å². The Bertz CT molecular complexity index is 572. The largest absolute Gasteiger partial charge is 0.367 e. The normalized spacial score (nSPS) is 11.9. The SMILES string of the molecule is Cc1ccccc1C(OCCN(C)N=O)c1ccccc1. The van der Waals surface area contributed by atoms with E-state index in [0.717, 1.165) is 11.1 Å². The van der Waals surface area contributed by atoms with Gasteiger partial charge in [-0.3, -0.25) is 5.01 Å². The molecule has 1 atom stereocenters. The summed E-state index contributed by atoms with van der Waals surface area (Å²) in [4.78, 5) is 10.4. The summed E-state index contributed by atoms with van der Waals surface area (Å²) >= 11 is 0. The lowest BCUT2D eigenvalue weighted by Gasteiger charge is -2.21. The van der Waals surface area contributed by atoms with Crippen molar-refractivity contribution in [1.82, 2.24) is 5.01 Å². The van der Waals surface area contributed by atoms with Gasteiger partial charge in [-0.05, 0) is 23.6 Å². The van der Waals surface area contributed by atoms with Crippen molar-refractivity contribution in [3.05, 3.63) is 76.2 Å². The number of rotatable bonds is 7. The fourth-order valence-electron chi connectivity index (χ4n) is 2.22. The third kappa shape index (κ3) is 4.13. The average molecular weight is 284 g/mol. The molecule has 0 aromatic heterocycles. The zero-order valence-electron chi connectivity index (χ0n) is 12.4. The first-order valence-electron chi connectivity index (χ1n) is 6.99. The number of hydrogen-bond acceptors (Lipinski definition) is 3. The maximum atomic E-state index is 10.4. The van der Waals surface area contributed by atoms with Crippen molar-refractivity contribution in [3.8, 4) is 0 Å². The van der Waals surface area contributed by atoms with Crippen molar-refractivity contribution < 1.29 is 4.74 Å². The van der Waals surface area contributed by atoms with Crippen LogP contribution in [0.2, 0.25) is 0 Å². The lowest BCUT2D eigenvalue weighted by molar-refractivity contribution is 0.0646. The van der Waals surface area contributed by atoms with Crippen LogP contribution in [0.4, 0.5) is 0 Å². The standard InChI is InChI=1S/C17H20N2O2/c1-14-8-6-7-11-16(14)17(15-9-4-3-5-10-15)21-13-12-19(2)18-20/h3-11,17H,12-13H2,1-2H3. The van der Waals surface area contributed by atoms with Crippen LogP contribution in [0.1, 0.15) is 22.8 Å². The molecule has 0 fully saturated rings. The first-order valence-corrected chi connectivity index (χ1v) is 6.99. The van der Waals surface area contributed by atoms with Crippen LogP contribution in [0.25, 0.3) is 0 Å². The molecule has 0 amide bonds. The lowest BCUT2D eigenvalue weighted by Crippen LogP contribution is -2.19. The van der Waals surface area contributed by atoms with Crippen molar-refractivity contribution in [3.63, 3.8) is 0 Å². The highest BCUT2D eigenvalue weighted by Gasteiger charge is 2.16. The first-order chi connectivity index (χ1) is 10.2. The molecule has 0 spiro atoms. The van der Waals surface area contributed by atoms with E-state index in [-0.39, 0.29) is 6.10 Å². The maximum Gasteiger partial charge on any atom is 0.108 e. The van der Waals surface area contributed by atoms with Gasteiger partial charge in [0, 0.05) is 7.05 Å². The first kappa shape index (κ1) is 15.2. The summed E-state index contributed by atoms with van der Waals surface area (Å²) in [6.45, 7) is 2.99. The summed E-state index contributed by atoms with van der Waals surface area (Å²) in [5.74, 6) is 0. The molecule has 2 aromatic carbocycles. The Morgan fingerprint density at radius 3 is 2.43 bits per heavy atom. The summed E-state index contributed by atoms with van der Waals surface area (Å²) in [6, 6.07) is 18.3. The van der Waals surface area contributed by atoms with Crippen LogP contribution >= 0.6 is 0 Å². The summed E-state index contributed by atoms with van der Waals surface area (Å²) < 4.78 is 6.03. The van der Waals surface area contributed by atoms with E-state index in [1.165, 1.54) is 10.6 Å². The minimum atomic E-state index is -0.132. The molecule has 0 aliphatic rings. The van der Waals surface area contributed by atoms with Crippen LogP contribution in [-0.2, 0) is 4.74 Å². The fraction of sp³-hybridized carbons (Fsp3) is 0.294. The average Bonchev–Trinajstić information content (AvgIpc) is 2.53. The van der Waals surface area contributed by atoms with Crippen molar-refractivity contribution in [1.29, 1.82) is 0 Å². The predicted molar refractivity (Wildman–Crippen MR) is 83.8 cm³/mol. The minimum Gasteiger partial charge on any atom is -0.367 e. The maximum absolute atomic E-state index is 10.4. The minimum absolute atomic E-state index is 0.132. The van der Waals surface area contributed by atoms with Crippen LogP contribution in [0.5, 0.6) is 0 Å². The molecule has 0 aliphatic heterocycles. The smallest absolute Gasteiger partial charge is 0.108 e. The second-order valence-corrected chi connectivity index (χ2v) is 4.98. The highest BCUT2D eigenvalue weighted by atomic mass is 16.5. The highest BCUT2D eigenvalue weighted by molar-refractivity contribution is 5.35. The monoisotopic (exact) mass is 284 g/mol. The molecule has 2 rings (SSSR count). The van der Waals surface area contributed by atoms with E-state index in [2.05, 4.69) is 36.5 Å². The molecule has 4 heteroatoms. The van der Waals surface area contributed by atoms with Crippen molar-refractivity contribution in [2.45, 2.75) is 13.0 Å². The summed E-state index contributed by atoms with van der Waals surface area (Å²) in [6.07, 6.45) is -0.132. The molecular formula is C17H20N2O2. The van der Waals surface area contributed by atoms with Crippen molar-refractivity contribution in [2.24, 2.45) is 5.29 Å². The van der Waals surface area contributed by atoms with Gasteiger partial charge in [0.2, 0.25) is 0 Å². The molecule has 0 N–H and O–H groups in total. The van der Waals surface area contributed by atoms with Gasteiger partial charge in [0.05, 0.1) is 18.4 Å². The second-order valence-electron chi connectivity index (χ2n) is 4.98. The van der Waals surface area contributed by atoms with Crippen LogP contribution in [-0.4, -0.2) is 25.2 Å². The number of hydrogen-bond donors (Lipinski definition) is 0. The van der Waals surface area contributed by atoms with Gasteiger partial charge in [0.1, 0.15) is 6.10 Å². The third-order valence-corrected chi connectivity index (χ3v) is 3.41. The summed E-state index contributed by atoms with van der Waals surface area (Å²) in [5, 5.41) is 4.18. The van der Waals surface area contributed by atoms with Crippen molar-refractivity contribution in [2.75, 3.05) is 20.2 Å². The molecule has 110 valence electrons. The topological polar surface area (TPSA) is 41.9 Å². The molecule has 0 radical (unpaired) electrons. The number of likely N-dealkylation sites (N-methyl/N-ethyl adjacent to an activating group) is 1. The Hall–Kier alpha value is -2.20. The number of ether oxygens (including phenoxy) is 1. The molecule has 4 nitrogen and oxygen atoms in total. The fourth-order valence-corrected chi connectivity index (χ4v) is 2.22. The molecule has 0 heterocycles. The van der Waals surface area contributed by atoms with E-state index in [9.17, 15) is 4.91 Å².